The number of nitrogens with one attached hydrogen (secondary N) is 1. The van der Waals surface area contributed by atoms with Crippen LogP contribution in [-0.4, -0.2) is 28.3 Å². The number of carbonyl (C=O) groups is 2. The fraction of sp³-hybridized carbons (Fsp3) is 0.125. The second-order valence-corrected chi connectivity index (χ2v) is 5.29. The van der Waals surface area contributed by atoms with E-state index in [1.807, 2.05) is 0 Å². The quantitative estimate of drug-likeness (QED) is 0.449. The van der Waals surface area contributed by atoms with Gasteiger partial charge >= 0.3 is 17.3 Å². The van der Waals surface area contributed by atoms with Gasteiger partial charge in [-0.15, -0.1) is 0 Å². The van der Waals surface area contributed by atoms with Gasteiger partial charge in [-0.1, -0.05) is 36.4 Å². The van der Waals surface area contributed by atoms with E-state index in [0.717, 1.165) is 11.1 Å². The molecular formula is C16H15NO6S. The molecule has 0 aliphatic carbocycles. The fourth-order valence-corrected chi connectivity index (χ4v) is 2.42. The Morgan fingerprint density at radius 3 is 2.12 bits per heavy atom. The van der Waals surface area contributed by atoms with E-state index in [0.29, 0.717) is 12.0 Å². The molecule has 8 heteroatoms. The van der Waals surface area contributed by atoms with E-state index < -0.39 is 23.4 Å². The van der Waals surface area contributed by atoms with Crippen LogP contribution in [0.4, 0.5) is 0 Å². The third kappa shape index (κ3) is 4.40. The lowest BCUT2D eigenvalue weighted by molar-refractivity contribution is -0.144. The van der Waals surface area contributed by atoms with Crippen molar-refractivity contribution < 1.29 is 27.3 Å². The second-order valence-electron chi connectivity index (χ2n) is 4.69. The van der Waals surface area contributed by atoms with E-state index in [1.165, 1.54) is 7.11 Å². The third-order valence-electron chi connectivity index (χ3n) is 3.27. The largest absolute Gasteiger partial charge is 0.467 e. The average Bonchev–Trinajstić information content (AvgIpc) is 2.59. The van der Waals surface area contributed by atoms with Crippen molar-refractivity contribution in [3.8, 4) is 16.9 Å². The van der Waals surface area contributed by atoms with Gasteiger partial charge in [0, 0.05) is 0 Å². The second kappa shape index (κ2) is 8.23. The summed E-state index contributed by atoms with van der Waals surface area (Å²) in [5.41, 5.74) is 2.31. The maximum atomic E-state index is 11.7. The summed E-state index contributed by atoms with van der Waals surface area (Å²) in [5, 5.41) is 2.41. The van der Waals surface area contributed by atoms with E-state index in [2.05, 4.69) is 14.2 Å². The van der Waals surface area contributed by atoms with Crippen LogP contribution in [0.15, 0.2) is 48.5 Å². The summed E-state index contributed by atoms with van der Waals surface area (Å²) in [4.78, 5) is 22.3. The summed E-state index contributed by atoms with van der Waals surface area (Å²) in [5.74, 6) is -0.287. The molecule has 0 radical (unpaired) electrons. The van der Waals surface area contributed by atoms with Crippen molar-refractivity contribution in [1.29, 1.82) is 0 Å². The van der Waals surface area contributed by atoms with Crippen molar-refractivity contribution in [3.63, 3.8) is 0 Å². The number of carbonyl (C=O) groups excluding carboxylic acids is 2. The summed E-state index contributed by atoms with van der Waals surface area (Å²) in [6.07, 6.45) is 0.444. The topological polar surface area (TPSA) is 102 Å². The van der Waals surface area contributed by atoms with E-state index in [-0.39, 0.29) is 5.75 Å². The van der Waals surface area contributed by atoms with Gasteiger partial charge in [0.05, 0.1) is 7.11 Å². The van der Waals surface area contributed by atoms with Gasteiger partial charge < -0.3 is 14.2 Å². The molecule has 2 N–H and O–H groups in total. The van der Waals surface area contributed by atoms with Crippen molar-refractivity contribution in [3.05, 3.63) is 54.1 Å². The van der Waals surface area contributed by atoms with Crippen LogP contribution in [0, 0.1) is 0 Å². The number of amides is 1. The maximum absolute atomic E-state index is 11.7. The summed E-state index contributed by atoms with van der Waals surface area (Å²) in [6, 6.07) is 12.7. The van der Waals surface area contributed by atoms with E-state index >= 15 is 0 Å². The van der Waals surface area contributed by atoms with Crippen LogP contribution in [0.25, 0.3) is 11.1 Å². The summed E-state index contributed by atoms with van der Waals surface area (Å²) < 4.78 is 28.6. The Morgan fingerprint density at radius 1 is 1.12 bits per heavy atom. The standard InChI is InChI=1S/C16H15NO6S/c1-22-16(19)15(17-10-18)13-4-2-11(3-5-13)12-6-8-14(9-7-12)23-24(20)21/h2-10,15H,1H3,(H,17,18)(H,20,21). The minimum absolute atomic E-state index is 0.275. The number of methoxy groups -OCH3 is 1. The number of esters is 1. The smallest absolute Gasteiger partial charge is 0.357 e. The van der Waals surface area contributed by atoms with Gasteiger partial charge in [0.1, 0.15) is 5.75 Å². The number of ether oxygens (including phenoxy) is 1. The molecule has 0 saturated heterocycles. The average molecular weight is 349 g/mol. The van der Waals surface area contributed by atoms with Gasteiger partial charge in [0.25, 0.3) is 0 Å². The van der Waals surface area contributed by atoms with Gasteiger partial charge in [0.2, 0.25) is 6.41 Å². The summed E-state index contributed by atoms with van der Waals surface area (Å²) in [7, 11) is 1.25. The van der Waals surface area contributed by atoms with Crippen LogP contribution in [0.1, 0.15) is 11.6 Å². The molecular weight excluding hydrogens is 334 g/mol. The first kappa shape index (κ1) is 17.6. The monoisotopic (exact) mass is 349 g/mol. The van der Waals surface area contributed by atoms with Crippen LogP contribution in [-0.2, 0) is 25.7 Å². The zero-order valence-corrected chi connectivity index (χ0v) is 13.5. The highest BCUT2D eigenvalue weighted by Crippen LogP contribution is 2.25. The Bertz CT molecular complexity index is 729. The number of benzene rings is 2. The van der Waals surface area contributed by atoms with Gasteiger partial charge in [-0.3, -0.25) is 9.35 Å². The fourth-order valence-electron chi connectivity index (χ4n) is 2.14. The third-order valence-corrected chi connectivity index (χ3v) is 3.61. The highest BCUT2D eigenvalue weighted by atomic mass is 32.2. The molecule has 7 nitrogen and oxygen atoms in total. The van der Waals surface area contributed by atoms with Crippen LogP contribution < -0.4 is 9.50 Å². The lowest BCUT2D eigenvalue weighted by Crippen LogP contribution is -2.28. The lowest BCUT2D eigenvalue weighted by atomic mass is 10.0. The van der Waals surface area contributed by atoms with E-state index in [9.17, 15) is 13.8 Å². The van der Waals surface area contributed by atoms with Crippen molar-refractivity contribution in [2.24, 2.45) is 0 Å². The number of hydrogen-bond acceptors (Lipinski definition) is 5. The van der Waals surface area contributed by atoms with Gasteiger partial charge in [-0.25, -0.2) is 4.79 Å². The molecule has 2 aromatic carbocycles. The Hall–Kier alpha value is -2.71. The summed E-state index contributed by atoms with van der Waals surface area (Å²) >= 11 is -2.36. The van der Waals surface area contributed by atoms with Crippen molar-refractivity contribution in [2.75, 3.05) is 7.11 Å². The predicted molar refractivity (Wildman–Crippen MR) is 87.2 cm³/mol. The molecule has 24 heavy (non-hydrogen) atoms. The molecule has 0 aromatic heterocycles. The number of hydrogen-bond donors (Lipinski definition) is 2. The summed E-state index contributed by atoms with van der Waals surface area (Å²) in [6.45, 7) is 0. The Kier molecular flexibility index (Phi) is 6.05. The molecule has 0 bridgehead atoms. The lowest BCUT2D eigenvalue weighted by Gasteiger charge is -2.14. The van der Waals surface area contributed by atoms with E-state index in [4.69, 9.17) is 4.55 Å². The molecule has 2 atom stereocenters. The van der Waals surface area contributed by atoms with Crippen molar-refractivity contribution in [1.82, 2.24) is 5.32 Å². The SMILES string of the molecule is COC(=O)C(NC=O)c1ccc(-c2ccc(OS(=O)O)cc2)cc1. The van der Waals surface area contributed by atoms with Crippen LogP contribution >= 0.6 is 0 Å². The molecule has 2 rings (SSSR count). The Morgan fingerprint density at radius 2 is 1.67 bits per heavy atom. The van der Waals surface area contributed by atoms with Crippen LogP contribution in [0.3, 0.4) is 0 Å². The Labute approximate surface area is 141 Å². The van der Waals surface area contributed by atoms with Gasteiger partial charge in [-0.05, 0) is 28.8 Å². The molecule has 2 unspecified atom stereocenters. The minimum atomic E-state index is -2.36. The number of rotatable bonds is 7. The van der Waals surface area contributed by atoms with Crippen LogP contribution in [0.5, 0.6) is 5.75 Å². The molecule has 0 saturated carbocycles. The Balaban J connectivity index is 2.20. The van der Waals surface area contributed by atoms with Crippen LogP contribution in [0.2, 0.25) is 0 Å². The molecule has 1 amide bonds. The molecule has 0 heterocycles. The minimum Gasteiger partial charge on any atom is -0.467 e. The first-order valence-corrected chi connectivity index (χ1v) is 7.85. The van der Waals surface area contributed by atoms with E-state index in [1.54, 1.807) is 48.5 Å². The molecule has 0 aliphatic rings. The predicted octanol–water partition coefficient (Wildman–Crippen LogP) is 1.83. The molecule has 0 aliphatic heterocycles. The van der Waals surface area contributed by atoms with Crippen molar-refractivity contribution in [2.45, 2.75) is 6.04 Å². The molecule has 0 spiro atoms. The first-order chi connectivity index (χ1) is 11.5. The zero-order valence-electron chi connectivity index (χ0n) is 12.7. The normalized spacial score (nSPS) is 12.8. The molecule has 126 valence electrons. The molecule has 0 fully saturated rings. The zero-order chi connectivity index (χ0) is 17.5. The first-order valence-electron chi connectivity index (χ1n) is 6.82. The highest BCUT2D eigenvalue weighted by molar-refractivity contribution is 7.74. The van der Waals surface area contributed by atoms with Crippen molar-refractivity contribution >= 4 is 23.7 Å². The maximum Gasteiger partial charge on any atom is 0.357 e. The highest BCUT2D eigenvalue weighted by Gasteiger charge is 2.20. The van der Waals surface area contributed by atoms with Gasteiger partial charge in [-0.2, -0.15) is 4.21 Å². The molecule has 2 aromatic rings. The van der Waals surface area contributed by atoms with Gasteiger partial charge in [0.15, 0.2) is 6.04 Å².